The first-order valence-electron chi connectivity index (χ1n) is 5.16. The first-order valence-corrected chi connectivity index (χ1v) is 5.16. The molecule has 1 aromatic rings. The van der Waals surface area contributed by atoms with Crippen molar-refractivity contribution in [3.05, 3.63) is 41.6 Å². The fourth-order valence-electron chi connectivity index (χ4n) is 2.25. The molecule has 1 aromatic carbocycles. The third kappa shape index (κ3) is 1.33. The summed E-state index contributed by atoms with van der Waals surface area (Å²) in [5.41, 5.74) is 5.11. The van der Waals surface area contributed by atoms with Gasteiger partial charge in [0.2, 0.25) is 0 Å². The topological polar surface area (TPSA) is 12.0 Å². The zero-order valence-corrected chi connectivity index (χ0v) is 9.09. The molecule has 0 bridgehead atoms. The smallest absolute Gasteiger partial charge is 0.0421 e. The zero-order valence-electron chi connectivity index (χ0n) is 9.09. The summed E-state index contributed by atoms with van der Waals surface area (Å²) in [5, 5.41) is 3.36. The molecule has 1 heteroatoms. The zero-order chi connectivity index (χ0) is 10.3. The van der Waals surface area contributed by atoms with E-state index in [1.165, 1.54) is 16.8 Å². The van der Waals surface area contributed by atoms with E-state index in [0.717, 1.165) is 5.70 Å². The molecule has 1 unspecified atom stereocenters. The van der Waals surface area contributed by atoms with Gasteiger partial charge in [-0.05, 0) is 24.5 Å². The summed E-state index contributed by atoms with van der Waals surface area (Å²) in [7, 11) is 0. The molecule has 0 radical (unpaired) electrons. The van der Waals surface area contributed by atoms with Gasteiger partial charge in [-0.3, -0.25) is 0 Å². The van der Waals surface area contributed by atoms with Crippen molar-refractivity contribution in [3.63, 3.8) is 0 Å². The number of rotatable bonds is 1. The molecule has 1 atom stereocenters. The third-order valence-corrected chi connectivity index (χ3v) is 2.88. The predicted molar refractivity (Wildman–Crippen MR) is 61.5 cm³/mol. The molecule has 1 nitrogen and oxygen atoms in total. The van der Waals surface area contributed by atoms with Gasteiger partial charge >= 0.3 is 0 Å². The van der Waals surface area contributed by atoms with Crippen LogP contribution in [0.3, 0.4) is 0 Å². The highest BCUT2D eigenvalue weighted by Gasteiger charge is 2.27. The first kappa shape index (κ1) is 9.32. The highest BCUT2D eigenvalue weighted by molar-refractivity contribution is 5.65. The van der Waals surface area contributed by atoms with Crippen LogP contribution in [0.2, 0.25) is 0 Å². The van der Waals surface area contributed by atoms with E-state index < -0.39 is 0 Å². The first-order chi connectivity index (χ1) is 6.59. The molecule has 0 amide bonds. The summed E-state index contributed by atoms with van der Waals surface area (Å²) in [5.74, 6) is 1.09. The number of aryl methyl sites for hydroxylation is 1. The molecule has 1 N–H and O–H groups in total. The lowest BCUT2D eigenvalue weighted by atomic mass is 9.88. The lowest BCUT2D eigenvalue weighted by Gasteiger charge is -2.15. The Bertz CT molecular complexity index is 377. The van der Waals surface area contributed by atoms with Crippen LogP contribution in [0.25, 0.3) is 0 Å². The Hall–Kier alpha value is -1.24. The number of benzene rings is 1. The maximum Gasteiger partial charge on any atom is 0.0421 e. The summed E-state index contributed by atoms with van der Waals surface area (Å²) in [6.45, 7) is 10.7. The Morgan fingerprint density at radius 3 is 2.71 bits per heavy atom. The SMILES string of the molecule is C=C1Nc2ccc(C)cc2C1C(C)C. The highest BCUT2D eigenvalue weighted by Crippen LogP contribution is 2.42. The van der Waals surface area contributed by atoms with Gasteiger partial charge in [-0.1, -0.05) is 38.1 Å². The van der Waals surface area contributed by atoms with Gasteiger partial charge in [-0.15, -0.1) is 0 Å². The van der Waals surface area contributed by atoms with E-state index in [9.17, 15) is 0 Å². The van der Waals surface area contributed by atoms with Crippen molar-refractivity contribution in [3.8, 4) is 0 Å². The third-order valence-electron chi connectivity index (χ3n) is 2.88. The van der Waals surface area contributed by atoms with E-state index in [1.54, 1.807) is 0 Å². The van der Waals surface area contributed by atoms with Gasteiger partial charge in [0.05, 0.1) is 0 Å². The molecule has 0 aliphatic carbocycles. The van der Waals surface area contributed by atoms with Crippen molar-refractivity contribution in [2.24, 2.45) is 5.92 Å². The summed E-state index contributed by atoms with van der Waals surface area (Å²) >= 11 is 0. The summed E-state index contributed by atoms with van der Waals surface area (Å²) in [4.78, 5) is 0. The van der Waals surface area contributed by atoms with Crippen molar-refractivity contribution < 1.29 is 0 Å². The Morgan fingerprint density at radius 2 is 2.07 bits per heavy atom. The van der Waals surface area contributed by atoms with Crippen LogP contribution in [-0.4, -0.2) is 0 Å². The predicted octanol–water partition coefficient (Wildman–Crippen LogP) is 3.67. The van der Waals surface area contributed by atoms with Gasteiger partial charge in [0.1, 0.15) is 0 Å². The molecule has 2 rings (SSSR count). The lowest BCUT2D eigenvalue weighted by Crippen LogP contribution is -2.05. The van der Waals surface area contributed by atoms with E-state index in [1.807, 2.05) is 0 Å². The molecule has 0 fully saturated rings. The van der Waals surface area contributed by atoms with Crippen LogP contribution in [0.5, 0.6) is 0 Å². The van der Waals surface area contributed by atoms with Crippen LogP contribution in [0.4, 0.5) is 5.69 Å². The van der Waals surface area contributed by atoms with Crippen LogP contribution in [-0.2, 0) is 0 Å². The molecule has 0 saturated heterocycles. The normalized spacial score (nSPS) is 19.7. The Labute approximate surface area is 85.8 Å². The number of nitrogens with one attached hydrogen (secondary N) is 1. The molecule has 0 saturated carbocycles. The largest absolute Gasteiger partial charge is 0.359 e. The molecular weight excluding hydrogens is 170 g/mol. The number of hydrogen-bond acceptors (Lipinski definition) is 1. The van der Waals surface area contributed by atoms with Crippen molar-refractivity contribution in [1.82, 2.24) is 0 Å². The maximum absolute atomic E-state index is 4.09. The minimum absolute atomic E-state index is 0.477. The second kappa shape index (κ2) is 3.16. The molecule has 1 aliphatic rings. The molecule has 74 valence electrons. The molecular formula is C13H17N. The molecule has 0 aromatic heterocycles. The fraction of sp³-hybridized carbons (Fsp3) is 0.385. The average molecular weight is 187 g/mol. The summed E-state index contributed by atoms with van der Waals surface area (Å²) < 4.78 is 0. The number of allylic oxidation sites excluding steroid dienone is 1. The second-order valence-corrected chi connectivity index (χ2v) is 4.46. The minimum atomic E-state index is 0.477. The minimum Gasteiger partial charge on any atom is -0.359 e. The van der Waals surface area contributed by atoms with E-state index >= 15 is 0 Å². The van der Waals surface area contributed by atoms with Gasteiger partial charge in [-0.25, -0.2) is 0 Å². The average Bonchev–Trinajstić information content (AvgIpc) is 2.40. The Morgan fingerprint density at radius 1 is 1.36 bits per heavy atom. The number of fused-ring (bicyclic) bond motifs is 1. The second-order valence-electron chi connectivity index (χ2n) is 4.46. The standard InChI is InChI=1S/C13H17N/c1-8(2)13-10(4)14-12-6-5-9(3)7-11(12)13/h5-8,13-14H,4H2,1-3H3. The van der Waals surface area contributed by atoms with Crippen molar-refractivity contribution in [2.45, 2.75) is 26.7 Å². The van der Waals surface area contributed by atoms with Crippen LogP contribution < -0.4 is 5.32 Å². The van der Waals surface area contributed by atoms with E-state index in [4.69, 9.17) is 0 Å². The monoisotopic (exact) mass is 187 g/mol. The van der Waals surface area contributed by atoms with Crippen molar-refractivity contribution in [1.29, 1.82) is 0 Å². The van der Waals surface area contributed by atoms with Crippen LogP contribution in [0.15, 0.2) is 30.5 Å². The molecule has 0 spiro atoms. The van der Waals surface area contributed by atoms with Crippen LogP contribution in [0, 0.1) is 12.8 Å². The molecule has 1 aliphatic heterocycles. The van der Waals surface area contributed by atoms with Gasteiger partial charge in [-0.2, -0.15) is 0 Å². The van der Waals surface area contributed by atoms with Gasteiger partial charge < -0.3 is 5.32 Å². The van der Waals surface area contributed by atoms with E-state index in [2.05, 4.69) is 50.9 Å². The van der Waals surface area contributed by atoms with Gasteiger partial charge in [0.25, 0.3) is 0 Å². The highest BCUT2D eigenvalue weighted by atomic mass is 14.9. The Balaban J connectivity index is 2.50. The summed E-state index contributed by atoms with van der Waals surface area (Å²) in [6, 6.07) is 6.56. The van der Waals surface area contributed by atoms with Gasteiger partial charge in [0, 0.05) is 17.3 Å². The van der Waals surface area contributed by atoms with Crippen molar-refractivity contribution in [2.75, 3.05) is 5.32 Å². The van der Waals surface area contributed by atoms with Crippen LogP contribution >= 0.6 is 0 Å². The maximum atomic E-state index is 4.09. The molecule has 14 heavy (non-hydrogen) atoms. The van der Waals surface area contributed by atoms with Crippen molar-refractivity contribution >= 4 is 5.69 Å². The quantitative estimate of drug-likeness (QED) is 0.707. The Kier molecular flexibility index (Phi) is 2.10. The number of anilines is 1. The number of hydrogen-bond donors (Lipinski definition) is 1. The molecule has 1 heterocycles. The summed E-state index contributed by atoms with van der Waals surface area (Å²) in [6.07, 6.45) is 0. The van der Waals surface area contributed by atoms with Gasteiger partial charge in [0.15, 0.2) is 0 Å². The van der Waals surface area contributed by atoms with E-state index in [-0.39, 0.29) is 0 Å². The van der Waals surface area contributed by atoms with Crippen LogP contribution in [0.1, 0.15) is 30.9 Å². The lowest BCUT2D eigenvalue weighted by molar-refractivity contribution is 0.571. The van der Waals surface area contributed by atoms with E-state index in [0.29, 0.717) is 11.8 Å². The fourth-order valence-corrected chi connectivity index (χ4v) is 2.25.